The summed E-state index contributed by atoms with van der Waals surface area (Å²) in [5.41, 5.74) is -3.05. The van der Waals surface area contributed by atoms with Crippen molar-refractivity contribution in [3.05, 3.63) is 71.9 Å². The van der Waals surface area contributed by atoms with Gasteiger partial charge in [-0.05, 0) is 18.2 Å². The first-order valence-electron chi connectivity index (χ1n) is 8.66. The second-order valence-corrected chi connectivity index (χ2v) is 6.60. The highest BCUT2D eigenvalue weighted by Gasteiger charge is 2.82. The molecule has 0 bridgehead atoms. The van der Waals surface area contributed by atoms with Crippen LogP contribution in [0.2, 0.25) is 0 Å². The van der Waals surface area contributed by atoms with Crippen molar-refractivity contribution in [3.63, 3.8) is 0 Å². The van der Waals surface area contributed by atoms with Crippen LogP contribution in [0.25, 0.3) is 10.9 Å². The molecule has 0 fully saturated rings. The molecular weight excluding hydrogens is 455 g/mol. The first kappa shape index (κ1) is 23.4. The van der Waals surface area contributed by atoms with Crippen LogP contribution in [-0.2, 0) is 5.92 Å². The highest BCUT2D eigenvalue weighted by atomic mass is 19.4. The predicted octanol–water partition coefficient (Wildman–Crippen LogP) is 6.41. The molecule has 3 rings (SSSR count). The summed E-state index contributed by atoms with van der Waals surface area (Å²) in [7, 11) is 0. The molecule has 0 aliphatic heterocycles. The van der Waals surface area contributed by atoms with Gasteiger partial charge in [0, 0.05) is 22.7 Å². The Labute approximate surface area is 173 Å². The first-order chi connectivity index (χ1) is 14.7. The molecule has 0 aliphatic rings. The number of para-hydroxylation sites is 1. The molecule has 170 valence electrons. The normalized spacial score (nSPS) is 13.3. The topological polar surface area (TPSA) is 42.0 Å². The maximum atomic E-state index is 14.5. The second-order valence-electron chi connectivity index (χ2n) is 6.60. The standard InChI is InChI=1S/C20H11F9N2O/c21-17(22,18(23,24)19(25,26)20(27,28)29)13-8-2-1-7-12(13)16(32)31-14-9-3-5-11-6-4-10-30-15(11)14/h1-10H,(H,31,32). The highest BCUT2D eigenvalue weighted by molar-refractivity contribution is 6.09. The van der Waals surface area contributed by atoms with Crippen LogP contribution in [0, 0.1) is 0 Å². The lowest BCUT2D eigenvalue weighted by atomic mass is 9.92. The quantitative estimate of drug-likeness (QED) is 0.442. The number of rotatable bonds is 5. The third-order valence-electron chi connectivity index (χ3n) is 4.54. The fourth-order valence-corrected chi connectivity index (χ4v) is 2.89. The number of anilines is 1. The molecule has 1 amide bonds. The molecule has 3 nitrogen and oxygen atoms in total. The van der Waals surface area contributed by atoms with Crippen molar-refractivity contribution in [1.29, 1.82) is 0 Å². The Balaban J connectivity index is 2.06. The van der Waals surface area contributed by atoms with Gasteiger partial charge in [0.2, 0.25) is 0 Å². The molecule has 32 heavy (non-hydrogen) atoms. The number of carbonyl (C=O) groups excluding carboxylic acids is 1. The molecule has 1 aromatic heterocycles. The Morgan fingerprint density at radius 1 is 0.750 bits per heavy atom. The summed E-state index contributed by atoms with van der Waals surface area (Å²) in [4.78, 5) is 16.6. The van der Waals surface area contributed by atoms with E-state index in [1.54, 1.807) is 18.2 Å². The van der Waals surface area contributed by atoms with Gasteiger partial charge in [0.05, 0.1) is 11.2 Å². The van der Waals surface area contributed by atoms with Crippen LogP contribution >= 0.6 is 0 Å². The van der Waals surface area contributed by atoms with Crippen molar-refractivity contribution < 1.29 is 44.3 Å². The zero-order chi connectivity index (χ0) is 23.9. The molecule has 0 saturated carbocycles. The average Bonchev–Trinajstić information content (AvgIpc) is 2.73. The Hall–Kier alpha value is -3.31. The number of nitrogens with one attached hydrogen (secondary N) is 1. The molecule has 0 spiro atoms. The smallest absolute Gasteiger partial charge is 0.320 e. The van der Waals surface area contributed by atoms with E-state index in [0.29, 0.717) is 17.5 Å². The van der Waals surface area contributed by atoms with Crippen LogP contribution in [0.15, 0.2) is 60.8 Å². The number of nitrogens with zero attached hydrogens (tertiary/aromatic N) is 1. The van der Waals surface area contributed by atoms with Gasteiger partial charge in [0.15, 0.2) is 0 Å². The number of alkyl halides is 9. The Morgan fingerprint density at radius 2 is 1.38 bits per heavy atom. The fourth-order valence-electron chi connectivity index (χ4n) is 2.89. The van der Waals surface area contributed by atoms with E-state index in [-0.39, 0.29) is 17.3 Å². The largest absolute Gasteiger partial charge is 0.460 e. The van der Waals surface area contributed by atoms with Crippen molar-refractivity contribution in [2.45, 2.75) is 23.9 Å². The Bertz CT molecular complexity index is 1150. The van der Waals surface area contributed by atoms with Crippen molar-refractivity contribution in [2.24, 2.45) is 0 Å². The van der Waals surface area contributed by atoms with Gasteiger partial charge in [-0.1, -0.05) is 36.4 Å². The molecule has 3 aromatic rings. The van der Waals surface area contributed by atoms with Gasteiger partial charge in [-0.2, -0.15) is 39.5 Å². The number of amides is 1. The SMILES string of the molecule is O=C(Nc1cccc2cccnc12)c1ccccc1C(F)(F)C(F)(F)C(F)(F)C(F)(F)F. The zero-order valence-electron chi connectivity index (χ0n) is 15.5. The lowest BCUT2D eigenvalue weighted by molar-refractivity contribution is -0.399. The van der Waals surface area contributed by atoms with Crippen LogP contribution in [0.5, 0.6) is 0 Å². The van der Waals surface area contributed by atoms with E-state index in [2.05, 4.69) is 10.3 Å². The molecule has 0 unspecified atom stereocenters. The first-order valence-corrected chi connectivity index (χ1v) is 8.66. The molecule has 1 heterocycles. The lowest BCUT2D eigenvalue weighted by Gasteiger charge is -2.34. The van der Waals surface area contributed by atoms with Crippen LogP contribution in [0.1, 0.15) is 15.9 Å². The Morgan fingerprint density at radius 3 is 2.03 bits per heavy atom. The number of aromatic nitrogens is 1. The maximum absolute atomic E-state index is 14.5. The molecule has 0 aliphatic carbocycles. The van der Waals surface area contributed by atoms with E-state index < -0.39 is 41.0 Å². The molecule has 12 heteroatoms. The number of fused-ring (bicyclic) bond motifs is 1. The number of benzene rings is 2. The summed E-state index contributed by atoms with van der Waals surface area (Å²) in [6.45, 7) is 0. The summed E-state index contributed by atoms with van der Waals surface area (Å²) < 4.78 is 120. The van der Waals surface area contributed by atoms with Gasteiger partial charge in [0.1, 0.15) is 0 Å². The number of halogens is 9. The van der Waals surface area contributed by atoms with Crippen molar-refractivity contribution in [2.75, 3.05) is 5.32 Å². The van der Waals surface area contributed by atoms with Gasteiger partial charge < -0.3 is 5.32 Å². The summed E-state index contributed by atoms with van der Waals surface area (Å²) in [5, 5.41) is 2.66. The van der Waals surface area contributed by atoms with E-state index in [9.17, 15) is 44.3 Å². The van der Waals surface area contributed by atoms with Crippen molar-refractivity contribution >= 4 is 22.5 Å². The second kappa shape index (κ2) is 7.68. The van der Waals surface area contributed by atoms with Gasteiger partial charge in [-0.15, -0.1) is 0 Å². The minimum absolute atomic E-state index is 0.0291. The van der Waals surface area contributed by atoms with Crippen LogP contribution < -0.4 is 5.32 Å². The van der Waals surface area contributed by atoms with Crippen LogP contribution in [0.4, 0.5) is 45.2 Å². The van der Waals surface area contributed by atoms with E-state index in [1.165, 1.54) is 18.3 Å². The molecule has 2 aromatic carbocycles. The number of hydrogen-bond donors (Lipinski definition) is 1. The lowest BCUT2D eigenvalue weighted by Crippen LogP contribution is -2.59. The maximum Gasteiger partial charge on any atom is 0.460 e. The fraction of sp³-hybridized carbons (Fsp3) is 0.200. The number of pyridine rings is 1. The summed E-state index contributed by atoms with van der Waals surface area (Å²) in [6.07, 6.45) is -5.62. The van der Waals surface area contributed by atoms with Gasteiger partial charge >= 0.3 is 23.9 Å². The predicted molar refractivity (Wildman–Crippen MR) is 96.0 cm³/mol. The molecular formula is C20H11F9N2O. The van der Waals surface area contributed by atoms with E-state index in [1.807, 2.05) is 0 Å². The van der Waals surface area contributed by atoms with E-state index in [4.69, 9.17) is 0 Å². The molecule has 0 atom stereocenters. The van der Waals surface area contributed by atoms with E-state index >= 15 is 0 Å². The van der Waals surface area contributed by atoms with Crippen LogP contribution in [0.3, 0.4) is 0 Å². The molecule has 0 saturated heterocycles. The van der Waals surface area contributed by atoms with Crippen molar-refractivity contribution in [3.8, 4) is 0 Å². The minimum Gasteiger partial charge on any atom is -0.320 e. The third-order valence-corrected chi connectivity index (χ3v) is 4.54. The summed E-state index contributed by atoms with van der Waals surface area (Å²) in [5.74, 6) is -21.5. The molecule has 0 radical (unpaired) electrons. The Kier molecular flexibility index (Phi) is 5.60. The minimum atomic E-state index is -7.08. The van der Waals surface area contributed by atoms with Gasteiger partial charge in [-0.25, -0.2) is 0 Å². The zero-order valence-corrected chi connectivity index (χ0v) is 15.5. The van der Waals surface area contributed by atoms with Gasteiger partial charge in [-0.3, -0.25) is 9.78 Å². The third kappa shape index (κ3) is 3.63. The number of hydrogen-bond acceptors (Lipinski definition) is 2. The van der Waals surface area contributed by atoms with Gasteiger partial charge in [0.25, 0.3) is 5.91 Å². The summed E-state index contributed by atoms with van der Waals surface area (Å²) in [6, 6.07) is 9.94. The highest BCUT2D eigenvalue weighted by Crippen LogP contribution is 2.57. The average molecular weight is 466 g/mol. The van der Waals surface area contributed by atoms with Crippen LogP contribution in [-0.4, -0.2) is 28.9 Å². The molecule has 1 N–H and O–H groups in total. The van der Waals surface area contributed by atoms with E-state index in [0.717, 1.165) is 6.07 Å². The summed E-state index contributed by atoms with van der Waals surface area (Å²) >= 11 is 0. The van der Waals surface area contributed by atoms with Crippen molar-refractivity contribution in [1.82, 2.24) is 4.98 Å². The number of carbonyl (C=O) groups is 1. The monoisotopic (exact) mass is 466 g/mol.